The van der Waals surface area contributed by atoms with Crippen LogP contribution in [0.1, 0.15) is 12.5 Å². The fraction of sp³-hybridized carbons (Fsp3) is 0.400. The molecule has 0 aromatic heterocycles. The summed E-state index contributed by atoms with van der Waals surface area (Å²) in [6.45, 7) is 2.13. The first kappa shape index (κ1) is 11.1. The van der Waals surface area contributed by atoms with Crippen LogP contribution in [0, 0.1) is 11.6 Å². The number of benzene rings is 1. The molecule has 0 bridgehead atoms. The second kappa shape index (κ2) is 5.02. The minimum absolute atomic E-state index is 0.00218. The molecule has 14 heavy (non-hydrogen) atoms. The van der Waals surface area contributed by atoms with E-state index in [1.165, 1.54) is 12.1 Å². The van der Waals surface area contributed by atoms with Crippen LogP contribution in [0.3, 0.4) is 0 Å². The van der Waals surface area contributed by atoms with Crippen LogP contribution in [0.2, 0.25) is 0 Å². The van der Waals surface area contributed by atoms with E-state index < -0.39 is 11.6 Å². The van der Waals surface area contributed by atoms with E-state index in [-0.39, 0.29) is 12.6 Å². The molecule has 1 aromatic rings. The van der Waals surface area contributed by atoms with Crippen molar-refractivity contribution in [2.45, 2.75) is 19.5 Å². The highest BCUT2D eigenvalue weighted by molar-refractivity contribution is 5.17. The standard InChI is InChI=1S/C10H13F2NO/c1-7(6-14)13-5-8-2-9(11)4-10(12)3-8/h2-4,7,13-14H,5-6H2,1H3/t7-/m0/s1. The maximum Gasteiger partial charge on any atom is 0.126 e. The molecule has 0 amide bonds. The predicted octanol–water partition coefficient (Wildman–Crippen LogP) is 1.44. The Balaban J connectivity index is 2.58. The van der Waals surface area contributed by atoms with Crippen molar-refractivity contribution >= 4 is 0 Å². The molecule has 4 heteroatoms. The maximum atomic E-state index is 12.7. The summed E-state index contributed by atoms with van der Waals surface area (Å²) in [5, 5.41) is 11.6. The van der Waals surface area contributed by atoms with Gasteiger partial charge in [0.15, 0.2) is 0 Å². The molecule has 1 aromatic carbocycles. The van der Waals surface area contributed by atoms with Crippen LogP contribution >= 0.6 is 0 Å². The van der Waals surface area contributed by atoms with Crippen molar-refractivity contribution in [2.24, 2.45) is 0 Å². The van der Waals surface area contributed by atoms with Gasteiger partial charge in [0.25, 0.3) is 0 Å². The first-order valence-corrected chi connectivity index (χ1v) is 4.41. The summed E-state index contributed by atoms with van der Waals surface area (Å²) in [7, 11) is 0. The van der Waals surface area contributed by atoms with Gasteiger partial charge in [-0.25, -0.2) is 8.78 Å². The lowest BCUT2D eigenvalue weighted by Crippen LogP contribution is -2.28. The predicted molar refractivity (Wildman–Crippen MR) is 49.7 cm³/mol. The number of rotatable bonds is 4. The van der Waals surface area contributed by atoms with Crippen molar-refractivity contribution in [2.75, 3.05) is 6.61 Å². The van der Waals surface area contributed by atoms with E-state index in [1.54, 1.807) is 6.92 Å². The SMILES string of the molecule is C[C@@H](CO)NCc1cc(F)cc(F)c1. The normalized spacial score (nSPS) is 12.9. The minimum atomic E-state index is -0.585. The largest absolute Gasteiger partial charge is 0.395 e. The molecule has 0 heterocycles. The minimum Gasteiger partial charge on any atom is -0.395 e. The van der Waals surface area contributed by atoms with Gasteiger partial charge < -0.3 is 10.4 Å². The summed E-state index contributed by atoms with van der Waals surface area (Å²) in [5.74, 6) is -1.17. The molecule has 1 rings (SSSR count). The van der Waals surface area contributed by atoms with Gasteiger partial charge in [0.2, 0.25) is 0 Å². The first-order valence-electron chi connectivity index (χ1n) is 4.41. The molecular formula is C10H13F2NO. The van der Waals surface area contributed by atoms with E-state index in [9.17, 15) is 8.78 Å². The highest BCUT2D eigenvalue weighted by Gasteiger charge is 2.02. The third kappa shape index (κ3) is 3.40. The molecule has 0 aliphatic rings. The lowest BCUT2D eigenvalue weighted by molar-refractivity contribution is 0.251. The molecule has 0 aliphatic heterocycles. The number of halogens is 2. The molecule has 2 nitrogen and oxygen atoms in total. The highest BCUT2D eigenvalue weighted by Crippen LogP contribution is 2.07. The lowest BCUT2D eigenvalue weighted by Gasteiger charge is -2.10. The molecular weight excluding hydrogens is 188 g/mol. The van der Waals surface area contributed by atoms with Crippen LogP contribution in [0.5, 0.6) is 0 Å². The third-order valence-corrected chi connectivity index (χ3v) is 1.85. The molecule has 1 atom stereocenters. The topological polar surface area (TPSA) is 32.3 Å². The number of hydrogen-bond donors (Lipinski definition) is 2. The van der Waals surface area contributed by atoms with E-state index in [0.29, 0.717) is 12.1 Å². The summed E-state index contributed by atoms with van der Waals surface area (Å²) in [6.07, 6.45) is 0. The van der Waals surface area contributed by atoms with E-state index in [4.69, 9.17) is 5.11 Å². The van der Waals surface area contributed by atoms with Crippen molar-refractivity contribution < 1.29 is 13.9 Å². The van der Waals surface area contributed by atoms with Crippen LogP contribution in [-0.4, -0.2) is 17.8 Å². The van der Waals surface area contributed by atoms with Crippen LogP contribution in [0.4, 0.5) is 8.78 Å². The van der Waals surface area contributed by atoms with E-state index in [0.717, 1.165) is 6.07 Å². The first-order chi connectivity index (χ1) is 6.61. The molecule has 78 valence electrons. The molecule has 0 fully saturated rings. The van der Waals surface area contributed by atoms with Crippen molar-refractivity contribution in [1.29, 1.82) is 0 Å². The second-order valence-corrected chi connectivity index (χ2v) is 3.24. The Morgan fingerprint density at radius 1 is 1.29 bits per heavy atom. The molecule has 0 spiro atoms. The summed E-state index contributed by atoms with van der Waals surface area (Å²) in [5.41, 5.74) is 0.530. The Morgan fingerprint density at radius 3 is 2.36 bits per heavy atom. The van der Waals surface area contributed by atoms with Gasteiger partial charge in [-0.2, -0.15) is 0 Å². The molecule has 2 N–H and O–H groups in total. The van der Waals surface area contributed by atoms with Gasteiger partial charge in [0.1, 0.15) is 11.6 Å². The molecule has 0 aliphatic carbocycles. The number of hydrogen-bond acceptors (Lipinski definition) is 2. The number of aliphatic hydroxyl groups is 1. The van der Waals surface area contributed by atoms with E-state index in [2.05, 4.69) is 5.32 Å². The Labute approximate surface area is 81.6 Å². The number of nitrogens with one attached hydrogen (secondary N) is 1. The highest BCUT2D eigenvalue weighted by atomic mass is 19.1. The Bertz CT molecular complexity index is 284. The molecule has 0 unspecified atom stereocenters. The van der Waals surface area contributed by atoms with Crippen molar-refractivity contribution in [3.63, 3.8) is 0 Å². The van der Waals surface area contributed by atoms with Gasteiger partial charge in [-0.1, -0.05) is 0 Å². The Hall–Kier alpha value is -1.00. The van der Waals surface area contributed by atoms with Gasteiger partial charge in [0.05, 0.1) is 6.61 Å². The average Bonchev–Trinajstić information content (AvgIpc) is 2.12. The monoisotopic (exact) mass is 201 g/mol. The Morgan fingerprint density at radius 2 is 1.86 bits per heavy atom. The maximum absolute atomic E-state index is 12.7. The zero-order valence-electron chi connectivity index (χ0n) is 7.93. The summed E-state index contributed by atoms with van der Waals surface area (Å²) >= 11 is 0. The van der Waals surface area contributed by atoms with Gasteiger partial charge >= 0.3 is 0 Å². The summed E-state index contributed by atoms with van der Waals surface area (Å²) < 4.78 is 25.4. The third-order valence-electron chi connectivity index (χ3n) is 1.85. The van der Waals surface area contributed by atoms with Crippen molar-refractivity contribution in [3.8, 4) is 0 Å². The molecule has 0 radical (unpaired) electrons. The molecule has 0 saturated carbocycles. The van der Waals surface area contributed by atoms with E-state index >= 15 is 0 Å². The average molecular weight is 201 g/mol. The van der Waals surface area contributed by atoms with Crippen LogP contribution in [-0.2, 0) is 6.54 Å². The zero-order chi connectivity index (χ0) is 10.6. The van der Waals surface area contributed by atoms with Gasteiger partial charge in [-0.05, 0) is 24.6 Å². The fourth-order valence-electron chi connectivity index (χ4n) is 1.07. The summed E-state index contributed by atoms with van der Waals surface area (Å²) in [6, 6.07) is 3.28. The van der Waals surface area contributed by atoms with Crippen LogP contribution < -0.4 is 5.32 Å². The van der Waals surface area contributed by atoms with Gasteiger partial charge in [0, 0.05) is 18.7 Å². The fourth-order valence-corrected chi connectivity index (χ4v) is 1.07. The van der Waals surface area contributed by atoms with Gasteiger partial charge in [-0.15, -0.1) is 0 Å². The van der Waals surface area contributed by atoms with Gasteiger partial charge in [-0.3, -0.25) is 0 Å². The summed E-state index contributed by atoms with van der Waals surface area (Å²) in [4.78, 5) is 0. The number of aliphatic hydroxyl groups excluding tert-OH is 1. The van der Waals surface area contributed by atoms with Crippen LogP contribution in [0.15, 0.2) is 18.2 Å². The second-order valence-electron chi connectivity index (χ2n) is 3.24. The lowest BCUT2D eigenvalue weighted by atomic mass is 10.2. The van der Waals surface area contributed by atoms with Crippen LogP contribution in [0.25, 0.3) is 0 Å². The molecule has 0 saturated heterocycles. The quantitative estimate of drug-likeness (QED) is 0.772. The zero-order valence-corrected chi connectivity index (χ0v) is 7.93. The smallest absolute Gasteiger partial charge is 0.126 e. The Kier molecular flexibility index (Phi) is 3.98. The van der Waals surface area contributed by atoms with Crippen molar-refractivity contribution in [1.82, 2.24) is 5.32 Å². The van der Waals surface area contributed by atoms with Crippen molar-refractivity contribution in [3.05, 3.63) is 35.4 Å². The van der Waals surface area contributed by atoms with E-state index in [1.807, 2.05) is 0 Å².